The molecule has 5 heteroatoms. The van der Waals surface area contributed by atoms with Gasteiger partial charge >= 0.3 is 10.2 Å². The molecule has 3 nitrogen and oxygen atoms in total. The molecule has 0 aliphatic carbocycles. The Balaban J connectivity index is 3.84. The SMILES string of the molecule is CCc1cc(CC)c(S(=O)(=O)F)c(CC)c1C=O. The number of carbonyl (C=O) groups is 1. The van der Waals surface area contributed by atoms with Crippen LogP contribution in [-0.4, -0.2) is 14.7 Å². The van der Waals surface area contributed by atoms with Gasteiger partial charge in [-0.25, -0.2) is 0 Å². The fourth-order valence-electron chi connectivity index (χ4n) is 2.22. The number of carbonyl (C=O) groups excluding carboxylic acids is 1. The molecule has 0 amide bonds. The highest BCUT2D eigenvalue weighted by Gasteiger charge is 2.24. The predicted molar refractivity (Wildman–Crippen MR) is 68.3 cm³/mol. The van der Waals surface area contributed by atoms with Gasteiger partial charge in [0.05, 0.1) is 0 Å². The van der Waals surface area contributed by atoms with Crippen LogP contribution in [0.1, 0.15) is 47.8 Å². The number of halogens is 1. The van der Waals surface area contributed by atoms with Crippen LogP contribution in [0.25, 0.3) is 0 Å². The van der Waals surface area contributed by atoms with Gasteiger partial charge in [-0.2, -0.15) is 8.42 Å². The first-order valence-electron chi connectivity index (χ1n) is 5.98. The molecule has 0 aliphatic heterocycles. The molecular formula is C13H17FO3S. The molecule has 0 spiro atoms. The minimum atomic E-state index is -4.80. The number of aldehydes is 1. The lowest BCUT2D eigenvalue weighted by Gasteiger charge is -2.15. The van der Waals surface area contributed by atoms with E-state index in [2.05, 4.69) is 0 Å². The lowest BCUT2D eigenvalue weighted by atomic mass is 9.94. The number of benzene rings is 1. The quantitative estimate of drug-likeness (QED) is 0.611. The molecule has 0 fully saturated rings. The zero-order chi connectivity index (χ0) is 13.9. The van der Waals surface area contributed by atoms with Crippen molar-refractivity contribution in [2.24, 2.45) is 0 Å². The van der Waals surface area contributed by atoms with E-state index >= 15 is 0 Å². The first-order valence-corrected chi connectivity index (χ1v) is 7.36. The second kappa shape index (κ2) is 5.61. The summed E-state index contributed by atoms with van der Waals surface area (Å²) in [6.45, 7) is 5.37. The third-order valence-corrected chi connectivity index (χ3v) is 4.06. The Morgan fingerprint density at radius 2 is 1.67 bits per heavy atom. The van der Waals surface area contributed by atoms with Crippen LogP contribution >= 0.6 is 0 Å². The van der Waals surface area contributed by atoms with Crippen molar-refractivity contribution in [3.63, 3.8) is 0 Å². The van der Waals surface area contributed by atoms with Gasteiger partial charge < -0.3 is 0 Å². The fraction of sp³-hybridized carbons (Fsp3) is 0.462. The molecule has 0 bridgehead atoms. The van der Waals surface area contributed by atoms with Crippen LogP contribution in [0.4, 0.5) is 3.89 Å². The van der Waals surface area contributed by atoms with Crippen LogP contribution in [0, 0.1) is 0 Å². The van der Waals surface area contributed by atoms with Crippen LogP contribution < -0.4 is 0 Å². The summed E-state index contributed by atoms with van der Waals surface area (Å²) in [5.74, 6) is 0. The van der Waals surface area contributed by atoms with E-state index in [9.17, 15) is 17.1 Å². The third-order valence-electron chi connectivity index (χ3n) is 3.06. The van der Waals surface area contributed by atoms with E-state index in [1.54, 1.807) is 19.9 Å². The van der Waals surface area contributed by atoms with Crippen molar-refractivity contribution >= 4 is 16.5 Å². The average molecular weight is 272 g/mol. The first kappa shape index (κ1) is 14.8. The number of hydrogen-bond donors (Lipinski definition) is 0. The highest BCUT2D eigenvalue weighted by Crippen LogP contribution is 2.29. The van der Waals surface area contributed by atoms with Crippen LogP contribution in [0.15, 0.2) is 11.0 Å². The van der Waals surface area contributed by atoms with Crippen LogP contribution in [0.3, 0.4) is 0 Å². The first-order chi connectivity index (χ1) is 8.40. The molecule has 1 aromatic carbocycles. The van der Waals surface area contributed by atoms with E-state index in [-0.39, 0.29) is 4.90 Å². The lowest BCUT2D eigenvalue weighted by molar-refractivity contribution is 0.112. The molecular weight excluding hydrogens is 255 g/mol. The molecule has 0 aromatic heterocycles. The molecule has 0 atom stereocenters. The molecule has 1 aromatic rings. The highest BCUT2D eigenvalue weighted by molar-refractivity contribution is 7.86. The van der Waals surface area contributed by atoms with E-state index in [1.165, 1.54) is 0 Å². The average Bonchev–Trinajstić information content (AvgIpc) is 2.34. The fourth-order valence-corrected chi connectivity index (χ4v) is 3.29. The van der Waals surface area contributed by atoms with Crippen molar-refractivity contribution in [2.45, 2.75) is 44.9 Å². The smallest absolute Gasteiger partial charge is 0.298 e. The second-order valence-corrected chi connectivity index (χ2v) is 5.32. The van der Waals surface area contributed by atoms with Gasteiger partial charge in [0.25, 0.3) is 0 Å². The summed E-state index contributed by atoms with van der Waals surface area (Å²) >= 11 is 0. The third kappa shape index (κ3) is 2.61. The van der Waals surface area contributed by atoms with Gasteiger partial charge in [0.1, 0.15) is 4.90 Å². The Kier molecular flexibility index (Phi) is 4.62. The van der Waals surface area contributed by atoms with E-state index in [0.29, 0.717) is 42.2 Å². The predicted octanol–water partition coefficient (Wildman–Crippen LogP) is 2.84. The van der Waals surface area contributed by atoms with Crippen molar-refractivity contribution in [1.82, 2.24) is 0 Å². The van der Waals surface area contributed by atoms with E-state index < -0.39 is 10.2 Å². The summed E-state index contributed by atoms with van der Waals surface area (Å²) < 4.78 is 36.0. The van der Waals surface area contributed by atoms with E-state index in [0.717, 1.165) is 5.56 Å². The zero-order valence-electron chi connectivity index (χ0n) is 10.8. The Labute approximate surface area is 107 Å². The molecule has 0 N–H and O–H groups in total. The van der Waals surface area contributed by atoms with Crippen molar-refractivity contribution in [3.8, 4) is 0 Å². The van der Waals surface area contributed by atoms with E-state index in [4.69, 9.17) is 0 Å². The maximum atomic E-state index is 13.4. The minimum absolute atomic E-state index is 0.295. The summed E-state index contributed by atoms with van der Waals surface area (Å²) in [4.78, 5) is 10.8. The summed E-state index contributed by atoms with van der Waals surface area (Å²) in [6, 6.07) is 1.62. The molecule has 0 saturated heterocycles. The topological polar surface area (TPSA) is 51.2 Å². The summed E-state index contributed by atoms with van der Waals surface area (Å²) in [7, 11) is -4.80. The number of aryl methyl sites for hydroxylation is 2. The molecule has 0 saturated carbocycles. The van der Waals surface area contributed by atoms with Gasteiger partial charge in [-0.1, -0.05) is 26.8 Å². The van der Waals surface area contributed by atoms with Crippen molar-refractivity contribution in [1.29, 1.82) is 0 Å². The molecule has 0 heterocycles. The highest BCUT2D eigenvalue weighted by atomic mass is 32.3. The Morgan fingerprint density at radius 3 is 2.00 bits per heavy atom. The Hall–Kier alpha value is -1.23. The van der Waals surface area contributed by atoms with E-state index in [1.807, 2.05) is 6.92 Å². The largest absolute Gasteiger partial charge is 0.332 e. The minimum Gasteiger partial charge on any atom is -0.298 e. The molecule has 0 unspecified atom stereocenters. The van der Waals surface area contributed by atoms with Gasteiger partial charge in [-0.15, -0.1) is 3.89 Å². The molecule has 0 aliphatic rings. The van der Waals surface area contributed by atoms with Crippen molar-refractivity contribution < 1.29 is 17.1 Å². The van der Waals surface area contributed by atoms with Gasteiger partial charge in [0.15, 0.2) is 6.29 Å². The normalized spacial score (nSPS) is 11.6. The maximum absolute atomic E-state index is 13.4. The summed E-state index contributed by atoms with van der Waals surface area (Å²) in [5, 5.41) is 0. The summed E-state index contributed by atoms with van der Waals surface area (Å²) in [6.07, 6.45) is 1.96. The Morgan fingerprint density at radius 1 is 1.11 bits per heavy atom. The second-order valence-electron chi connectivity index (χ2n) is 4.03. The zero-order valence-corrected chi connectivity index (χ0v) is 11.6. The van der Waals surface area contributed by atoms with Crippen molar-refractivity contribution in [3.05, 3.63) is 28.3 Å². The maximum Gasteiger partial charge on any atom is 0.332 e. The number of hydrogen-bond acceptors (Lipinski definition) is 3. The Bertz CT molecular complexity index is 562. The molecule has 0 radical (unpaired) electrons. The van der Waals surface area contributed by atoms with Gasteiger partial charge in [-0.05, 0) is 36.0 Å². The monoisotopic (exact) mass is 272 g/mol. The van der Waals surface area contributed by atoms with Crippen molar-refractivity contribution in [2.75, 3.05) is 0 Å². The van der Waals surface area contributed by atoms with Crippen LogP contribution in [0.5, 0.6) is 0 Å². The lowest BCUT2D eigenvalue weighted by Crippen LogP contribution is -2.09. The van der Waals surface area contributed by atoms with Crippen LogP contribution in [-0.2, 0) is 29.5 Å². The molecule has 18 heavy (non-hydrogen) atoms. The van der Waals surface area contributed by atoms with Gasteiger partial charge in [-0.3, -0.25) is 4.79 Å². The van der Waals surface area contributed by atoms with Crippen LogP contribution in [0.2, 0.25) is 0 Å². The van der Waals surface area contributed by atoms with Gasteiger partial charge in [0.2, 0.25) is 0 Å². The van der Waals surface area contributed by atoms with Gasteiger partial charge in [0, 0.05) is 5.56 Å². The molecule has 1 rings (SSSR count). The summed E-state index contributed by atoms with van der Waals surface area (Å²) in [5.41, 5.74) is 1.82. The molecule has 100 valence electrons. The standard InChI is InChI=1S/C13H17FO3S/c1-4-9-7-10(5-2)13(18(14,16)17)11(6-3)12(9)8-15/h7-8H,4-6H2,1-3H3. The number of rotatable bonds is 5.